The molecule has 1 aromatic rings. The normalized spacial score (nSPS) is 22.5. The van der Waals surface area contributed by atoms with E-state index >= 15 is 0 Å². The molecule has 1 fully saturated rings. The van der Waals surface area contributed by atoms with E-state index in [4.69, 9.17) is 0 Å². The molecule has 4 nitrogen and oxygen atoms in total. The van der Waals surface area contributed by atoms with Crippen LogP contribution in [0.2, 0.25) is 0 Å². The fraction of sp³-hybridized carbons (Fsp3) is 0.562. The monoisotopic (exact) mass is 331 g/mol. The van der Waals surface area contributed by atoms with Gasteiger partial charge in [-0.15, -0.1) is 0 Å². The number of rotatable bonds is 3. The van der Waals surface area contributed by atoms with Gasteiger partial charge in [-0.3, -0.25) is 4.79 Å². The molecule has 23 heavy (non-hydrogen) atoms. The van der Waals surface area contributed by atoms with Crippen molar-refractivity contribution in [2.45, 2.75) is 50.6 Å². The zero-order chi connectivity index (χ0) is 17.4. The first-order valence-electron chi connectivity index (χ1n) is 7.34. The standard InChI is InChI=1S/C16H20F3NO3/c1-15(2,23)8-14(22)20-9-12(21)7-13(20)10-4-3-5-11(6-10)16(17,18)19/h3-6,12-13,21,23H,7-9H2,1-2H3/t12-,13-/m1/s1. The number of β-amino-alcohol motifs (C(OH)–C–C–N with tert-alkyl or cyclic N) is 1. The van der Waals surface area contributed by atoms with Crippen LogP contribution in [0.25, 0.3) is 0 Å². The minimum Gasteiger partial charge on any atom is -0.391 e. The summed E-state index contributed by atoms with van der Waals surface area (Å²) >= 11 is 0. The van der Waals surface area contributed by atoms with Crippen molar-refractivity contribution in [1.29, 1.82) is 0 Å². The number of aliphatic hydroxyl groups excluding tert-OH is 1. The van der Waals surface area contributed by atoms with Gasteiger partial charge in [0.15, 0.2) is 0 Å². The van der Waals surface area contributed by atoms with Crippen LogP contribution >= 0.6 is 0 Å². The van der Waals surface area contributed by atoms with Crippen LogP contribution in [-0.4, -0.2) is 39.3 Å². The van der Waals surface area contributed by atoms with Crippen LogP contribution in [0.15, 0.2) is 24.3 Å². The molecule has 1 saturated heterocycles. The summed E-state index contributed by atoms with van der Waals surface area (Å²) in [6.45, 7) is 3.02. The Balaban J connectivity index is 2.28. The highest BCUT2D eigenvalue weighted by Crippen LogP contribution is 2.36. The number of alkyl halides is 3. The first kappa shape index (κ1) is 17.7. The van der Waals surface area contributed by atoms with Crippen LogP contribution in [0.1, 0.15) is 43.9 Å². The number of hydrogen-bond acceptors (Lipinski definition) is 3. The van der Waals surface area contributed by atoms with E-state index in [-0.39, 0.29) is 19.4 Å². The average molecular weight is 331 g/mol. The first-order valence-corrected chi connectivity index (χ1v) is 7.34. The van der Waals surface area contributed by atoms with Crippen LogP contribution in [0.3, 0.4) is 0 Å². The number of benzene rings is 1. The summed E-state index contributed by atoms with van der Waals surface area (Å²) in [5.41, 5.74) is -1.67. The van der Waals surface area contributed by atoms with Crippen molar-refractivity contribution in [2.24, 2.45) is 0 Å². The summed E-state index contributed by atoms with van der Waals surface area (Å²) < 4.78 is 38.5. The fourth-order valence-electron chi connectivity index (χ4n) is 2.80. The van der Waals surface area contributed by atoms with Crippen LogP contribution in [-0.2, 0) is 11.0 Å². The lowest BCUT2D eigenvalue weighted by molar-refractivity contribution is -0.137. The van der Waals surface area contributed by atoms with Crippen LogP contribution in [0.4, 0.5) is 13.2 Å². The molecule has 128 valence electrons. The van der Waals surface area contributed by atoms with Crippen LogP contribution in [0, 0.1) is 0 Å². The van der Waals surface area contributed by atoms with E-state index in [1.807, 2.05) is 0 Å². The summed E-state index contributed by atoms with van der Waals surface area (Å²) in [5.74, 6) is -0.392. The molecule has 2 atom stereocenters. The molecule has 0 saturated carbocycles. The summed E-state index contributed by atoms with van der Waals surface area (Å²) in [5, 5.41) is 19.6. The number of hydrogen-bond donors (Lipinski definition) is 2. The average Bonchev–Trinajstić information content (AvgIpc) is 2.78. The minimum atomic E-state index is -4.46. The lowest BCUT2D eigenvalue weighted by Crippen LogP contribution is -2.36. The summed E-state index contributed by atoms with van der Waals surface area (Å²) in [6.07, 6.45) is -5.23. The van der Waals surface area contributed by atoms with Gasteiger partial charge in [-0.1, -0.05) is 12.1 Å². The molecule has 0 unspecified atom stereocenters. The van der Waals surface area contributed by atoms with E-state index in [9.17, 15) is 28.2 Å². The topological polar surface area (TPSA) is 60.8 Å². The third-order valence-electron chi connectivity index (χ3n) is 3.78. The predicted octanol–water partition coefficient (Wildman–Crippen LogP) is 2.50. The van der Waals surface area contributed by atoms with Gasteiger partial charge in [0.2, 0.25) is 5.91 Å². The molecule has 0 spiro atoms. The minimum absolute atomic E-state index is 0.0514. The number of carbonyl (C=O) groups excluding carboxylic acids is 1. The van der Waals surface area contributed by atoms with E-state index in [1.165, 1.54) is 30.9 Å². The number of nitrogens with zero attached hydrogens (tertiary/aromatic N) is 1. The molecule has 0 aromatic heterocycles. The maximum atomic E-state index is 12.8. The largest absolute Gasteiger partial charge is 0.416 e. The smallest absolute Gasteiger partial charge is 0.391 e. The molecule has 2 N–H and O–H groups in total. The van der Waals surface area contributed by atoms with E-state index in [0.29, 0.717) is 5.56 Å². The Morgan fingerprint density at radius 3 is 2.57 bits per heavy atom. The molecule has 1 heterocycles. The van der Waals surface area contributed by atoms with Gasteiger partial charge in [-0.2, -0.15) is 13.2 Å². The van der Waals surface area contributed by atoms with E-state index in [1.54, 1.807) is 0 Å². The number of aliphatic hydroxyl groups is 2. The zero-order valence-corrected chi connectivity index (χ0v) is 13.0. The first-order chi connectivity index (χ1) is 10.5. The molecule has 1 aliphatic rings. The van der Waals surface area contributed by atoms with Crippen LogP contribution < -0.4 is 0 Å². The number of likely N-dealkylation sites (tertiary alicyclic amines) is 1. The highest BCUT2D eigenvalue weighted by atomic mass is 19.4. The molecule has 2 rings (SSSR count). The molecular weight excluding hydrogens is 311 g/mol. The van der Waals surface area contributed by atoms with E-state index in [2.05, 4.69) is 0 Å². The van der Waals surface area contributed by atoms with Crippen molar-refractivity contribution >= 4 is 5.91 Å². The Labute approximate surface area is 132 Å². The Hall–Kier alpha value is -1.60. The molecule has 1 aromatic carbocycles. The zero-order valence-electron chi connectivity index (χ0n) is 13.0. The Bertz CT molecular complexity index is 581. The van der Waals surface area contributed by atoms with E-state index < -0.39 is 35.4 Å². The molecule has 1 amide bonds. The maximum Gasteiger partial charge on any atom is 0.416 e. The quantitative estimate of drug-likeness (QED) is 0.895. The Morgan fingerprint density at radius 2 is 2.00 bits per heavy atom. The van der Waals surface area contributed by atoms with Crippen molar-refractivity contribution in [3.05, 3.63) is 35.4 Å². The number of amides is 1. The SMILES string of the molecule is CC(C)(O)CC(=O)N1C[C@H](O)C[C@@H]1c1cccc(C(F)(F)F)c1. The van der Waals surface area contributed by atoms with Gasteiger partial charge in [0.05, 0.1) is 29.7 Å². The second-order valence-corrected chi connectivity index (χ2v) is 6.56. The molecule has 0 aliphatic carbocycles. The lowest BCUT2D eigenvalue weighted by Gasteiger charge is -2.28. The van der Waals surface area contributed by atoms with Gasteiger partial charge in [0, 0.05) is 6.54 Å². The molecular formula is C16H20F3NO3. The Morgan fingerprint density at radius 1 is 1.35 bits per heavy atom. The van der Waals surface area contributed by atoms with Gasteiger partial charge >= 0.3 is 6.18 Å². The molecule has 1 aliphatic heterocycles. The third-order valence-corrected chi connectivity index (χ3v) is 3.78. The second-order valence-electron chi connectivity index (χ2n) is 6.56. The third kappa shape index (κ3) is 4.45. The highest BCUT2D eigenvalue weighted by molar-refractivity contribution is 5.78. The lowest BCUT2D eigenvalue weighted by atomic mass is 9.99. The van der Waals surface area contributed by atoms with E-state index in [0.717, 1.165) is 12.1 Å². The summed E-state index contributed by atoms with van der Waals surface area (Å²) in [7, 11) is 0. The van der Waals surface area contributed by atoms with Crippen molar-refractivity contribution in [2.75, 3.05) is 6.54 Å². The summed E-state index contributed by atoms with van der Waals surface area (Å²) in [6, 6.07) is 4.16. The van der Waals surface area contributed by atoms with Crippen LogP contribution in [0.5, 0.6) is 0 Å². The fourth-order valence-corrected chi connectivity index (χ4v) is 2.80. The highest BCUT2D eigenvalue weighted by Gasteiger charge is 2.38. The number of halogens is 3. The molecule has 0 radical (unpaired) electrons. The second kappa shape index (κ2) is 6.13. The Kier molecular flexibility index (Phi) is 4.73. The summed E-state index contributed by atoms with van der Waals surface area (Å²) in [4.78, 5) is 13.7. The van der Waals surface area contributed by atoms with Crippen molar-refractivity contribution in [1.82, 2.24) is 4.90 Å². The van der Waals surface area contributed by atoms with Crippen molar-refractivity contribution in [3.8, 4) is 0 Å². The number of carbonyl (C=O) groups is 1. The van der Waals surface area contributed by atoms with Crippen molar-refractivity contribution < 1.29 is 28.2 Å². The predicted molar refractivity (Wildman–Crippen MR) is 77.4 cm³/mol. The maximum absolute atomic E-state index is 12.8. The van der Waals surface area contributed by atoms with Crippen molar-refractivity contribution in [3.63, 3.8) is 0 Å². The van der Waals surface area contributed by atoms with Gasteiger partial charge in [0.1, 0.15) is 0 Å². The molecule has 0 bridgehead atoms. The van der Waals surface area contributed by atoms with Gasteiger partial charge < -0.3 is 15.1 Å². The molecule has 7 heteroatoms. The van der Waals surface area contributed by atoms with Gasteiger partial charge in [-0.25, -0.2) is 0 Å². The van der Waals surface area contributed by atoms with Gasteiger partial charge in [0.25, 0.3) is 0 Å². The van der Waals surface area contributed by atoms with Gasteiger partial charge in [-0.05, 0) is 38.0 Å².